The van der Waals surface area contributed by atoms with Crippen LogP contribution < -0.4 is 0 Å². The Balaban J connectivity index is 3.13. The van der Waals surface area contributed by atoms with E-state index in [9.17, 15) is 0 Å². The minimum absolute atomic E-state index is 0.644. The van der Waals surface area contributed by atoms with E-state index in [4.69, 9.17) is 17.0 Å². The molecule has 12 heavy (non-hydrogen) atoms. The molecule has 0 spiro atoms. The molecule has 0 fully saturated rings. The molecule has 0 aromatic carbocycles. The summed E-state index contributed by atoms with van der Waals surface area (Å²) in [5, 5.41) is 0. The Kier molecular flexibility index (Phi) is 9.06. The van der Waals surface area contributed by atoms with E-state index in [-0.39, 0.29) is 0 Å². The summed E-state index contributed by atoms with van der Waals surface area (Å²) in [6, 6.07) is 0. The van der Waals surface area contributed by atoms with Crippen molar-refractivity contribution in [3.8, 4) is 0 Å². The van der Waals surface area contributed by atoms with Crippen molar-refractivity contribution in [1.82, 2.24) is 0 Å². The van der Waals surface area contributed by atoms with Crippen molar-refractivity contribution in [3.05, 3.63) is 12.7 Å². The topological polar surface area (TPSA) is 9.23 Å². The summed E-state index contributed by atoms with van der Waals surface area (Å²) >= 11 is 6.49. The predicted molar refractivity (Wildman–Crippen MR) is 60.7 cm³/mol. The molecule has 70 valence electrons. The van der Waals surface area contributed by atoms with Gasteiger partial charge in [-0.3, -0.25) is 0 Å². The number of unbranched alkanes of at least 4 members (excludes halogenated alkanes) is 2. The Bertz CT molecular complexity index is 134. The van der Waals surface area contributed by atoms with Crippen LogP contribution in [0.4, 0.5) is 0 Å². The van der Waals surface area contributed by atoms with Crippen molar-refractivity contribution in [3.63, 3.8) is 0 Å². The first-order chi connectivity index (χ1) is 5.81. The molecule has 0 bridgehead atoms. The van der Waals surface area contributed by atoms with E-state index < -0.39 is 0 Å². The van der Waals surface area contributed by atoms with Crippen LogP contribution in [0.2, 0.25) is 0 Å². The molecule has 0 N–H and O–H groups in total. The lowest BCUT2D eigenvalue weighted by molar-refractivity contribution is 0.310. The number of ether oxygens (including phenoxy) is 1. The Hall–Kier alpha value is -0.0200. The van der Waals surface area contributed by atoms with E-state index in [2.05, 4.69) is 13.5 Å². The van der Waals surface area contributed by atoms with Gasteiger partial charge < -0.3 is 4.74 Å². The third-order valence-electron chi connectivity index (χ3n) is 1.29. The lowest BCUT2D eigenvalue weighted by Crippen LogP contribution is -1.99. The monoisotopic (exact) mass is 204 g/mol. The fourth-order valence-electron chi connectivity index (χ4n) is 0.676. The van der Waals surface area contributed by atoms with Gasteiger partial charge in [0, 0.05) is 5.75 Å². The van der Waals surface area contributed by atoms with Crippen LogP contribution in [0.5, 0.6) is 0 Å². The van der Waals surface area contributed by atoms with E-state index in [1.54, 1.807) is 0 Å². The van der Waals surface area contributed by atoms with Gasteiger partial charge in [-0.2, -0.15) is 0 Å². The normalized spacial score (nSPS) is 9.42. The summed E-state index contributed by atoms with van der Waals surface area (Å²) in [5.41, 5.74) is 0. The third-order valence-corrected chi connectivity index (χ3v) is 2.51. The quantitative estimate of drug-likeness (QED) is 0.373. The standard InChI is InChI=1S/C9H16OS2/c1-3-5-6-7-10-9(11)12-8-4-2/h4H,2-3,5-8H2,1H3. The molecule has 0 aromatic heterocycles. The summed E-state index contributed by atoms with van der Waals surface area (Å²) in [6.07, 6.45) is 5.36. The smallest absolute Gasteiger partial charge is 0.220 e. The van der Waals surface area contributed by atoms with Crippen molar-refractivity contribution in [2.75, 3.05) is 12.4 Å². The second-order valence-electron chi connectivity index (χ2n) is 2.41. The molecule has 0 atom stereocenters. The molecule has 0 rings (SSSR count). The van der Waals surface area contributed by atoms with E-state index in [1.807, 2.05) is 6.08 Å². The molecule has 0 aromatic rings. The summed E-state index contributed by atoms with van der Waals surface area (Å²) in [6.45, 7) is 6.54. The van der Waals surface area contributed by atoms with Crippen molar-refractivity contribution in [2.24, 2.45) is 0 Å². The molecule has 0 aliphatic rings. The number of thioether (sulfide) groups is 1. The first kappa shape index (κ1) is 12.0. The maximum Gasteiger partial charge on any atom is 0.220 e. The first-order valence-electron chi connectivity index (χ1n) is 4.21. The summed E-state index contributed by atoms with van der Waals surface area (Å²) in [4.78, 5) is 0. The zero-order chi connectivity index (χ0) is 9.23. The van der Waals surface area contributed by atoms with E-state index in [0.717, 1.165) is 18.8 Å². The minimum Gasteiger partial charge on any atom is -0.479 e. The average Bonchev–Trinajstić information content (AvgIpc) is 2.09. The number of hydrogen-bond donors (Lipinski definition) is 0. The highest BCUT2D eigenvalue weighted by molar-refractivity contribution is 8.22. The lowest BCUT2D eigenvalue weighted by atomic mass is 10.3. The summed E-state index contributed by atoms with van der Waals surface area (Å²) in [7, 11) is 0. The maximum absolute atomic E-state index is 5.29. The van der Waals surface area contributed by atoms with Crippen LogP contribution >= 0.6 is 24.0 Å². The van der Waals surface area contributed by atoms with Gasteiger partial charge >= 0.3 is 0 Å². The fraction of sp³-hybridized carbons (Fsp3) is 0.667. The van der Waals surface area contributed by atoms with E-state index in [1.165, 1.54) is 24.6 Å². The van der Waals surface area contributed by atoms with Crippen LogP contribution in [-0.4, -0.2) is 16.7 Å². The molecule has 3 heteroatoms. The van der Waals surface area contributed by atoms with Gasteiger partial charge in [0.05, 0.1) is 6.61 Å². The Labute approximate surface area is 84.6 Å². The molecule has 0 heterocycles. The Morgan fingerprint density at radius 3 is 2.92 bits per heavy atom. The van der Waals surface area contributed by atoms with Gasteiger partial charge in [-0.15, -0.1) is 6.58 Å². The fourth-order valence-corrected chi connectivity index (χ4v) is 1.38. The van der Waals surface area contributed by atoms with Gasteiger partial charge in [-0.05, 0) is 18.6 Å². The van der Waals surface area contributed by atoms with Crippen molar-refractivity contribution in [1.29, 1.82) is 0 Å². The lowest BCUT2D eigenvalue weighted by Gasteiger charge is -2.04. The average molecular weight is 204 g/mol. The van der Waals surface area contributed by atoms with Gasteiger partial charge in [0.25, 0.3) is 0 Å². The van der Waals surface area contributed by atoms with Gasteiger partial charge in [-0.25, -0.2) is 0 Å². The SMILES string of the molecule is C=CCSC(=S)OCCCCC. The van der Waals surface area contributed by atoms with Crippen LogP contribution in [0.15, 0.2) is 12.7 Å². The zero-order valence-corrected chi connectivity index (χ0v) is 9.18. The van der Waals surface area contributed by atoms with Crippen LogP contribution in [0, 0.1) is 0 Å². The van der Waals surface area contributed by atoms with Gasteiger partial charge in [0.15, 0.2) is 0 Å². The number of hydrogen-bond acceptors (Lipinski definition) is 3. The molecule has 0 saturated carbocycles. The van der Waals surface area contributed by atoms with E-state index in [0.29, 0.717) is 4.38 Å². The molecule has 0 radical (unpaired) electrons. The van der Waals surface area contributed by atoms with Crippen LogP contribution in [0.25, 0.3) is 0 Å². The van der Waals surface area contributed by atoms with Crippen molar-refractivity contribution >= 4 is 28.4 Å². The molecule has 0 aliphatic heterocycles. The number of rotatable bonds is 6. The second-order valence-corrected chi connectivity index (χ2v) is 4.03. The highest BCUT2D eigenvalue weighted by atomic mass is 32.2. The first-order valence-corrected chi connectivity index (χ1v) is 5.61. The zero-order valence-electron chi connectivity index (χ0n) is 7.54. The minimum atomic E-state index is 0.644. The van der Waals surface area contributed by atoms with Gasteiger partial charge in [0.2, 0.25) is 4.38 Å². The highest BCUT2D eigenvalue weighted by Gasteiger charge is 1.95. The molecule has 0 unspecified atom stereocenters. The van der Waals surface area contributed by atoms with Crippen molar-refractivity contribution < 1.29 is 4.74 Å². The molecule has 1 nitrogen and oxygen atoms in total. The molecule has 0 saturated heterocycles. The Morgan fingerprint density at radius 1 is 1.58 bits per heavy atom. The largest absolute Gasteiger partial charge is 0.479 e. The van der Waals surface area contributed by atoms with Gasteiger partial charge in [0.1, 0.15) is 0 Å². The maximum atomic E-state index is 5.29. The van der Waals surface area contributed by atoms with Gasteiger partial charge in [-0.1, -0.05) is 37.6 Å². The second kappa shape index (κ2) is 9.07. The molecular weight excluding hydrogens is 188 g/mol. The number of thiocarbonyl (C=S) groups is 1. The van der Waals surface area contributed by atoms with Crippen LogP contribution in [-0.2, 0) is 4.74 Å². The van der Waals surface area contributed by atoms with Crippen LogP contribution in [0.1, 0.15) is 26.2 Å². The third kappa shape index (κ3) is 8.08. The van der Waals surface area contributed by atoms with E-state index >= 15 is 0 Å². The van der Waals surface area contributed by atoms with Crippen molar-refractivity contribution in [2.45, 2.75) is 26.2 Å². The summed E-state index contributed by atoms with van der Waals surface area (Å²) < 4.78 is 5.94. The van der Waals surface area contributed by atoms with Crippen LogP contribution in [0.3, 0.4) is 0 Å². The molecular formula is C9H16OS2. The molecule has 0 amide bonds. The molecule has 0 aliphatic carbocycles. The predicted octanol–water partition coefficient (Wildman–Crippen LogP) is 3.40. The summed E-state index contributed by atoms with van der Waals surface area (Å²) in [5.74, 6) is 0.840. The highest BCUT2D eigenvalue weighted by Crippen LogP contribution is 2.06. The Morgan fingerprint density at radius 2 is 2.33 bits per heavy atom.